The number of rotatable bonds is 13. The highest BCUT2D eigenvalue weighted by Gasteiger charge is 2.30. The van der Waals surface area contributed by atoms with E-state index in [0.717, 1.165) is 5.56 Å². The van der Waals surface area contributed by atoms with Crippen LogP contribution in [0.4, 0.5) is 4.79 Å². The molecule has 0 fully saturated rings. The van der Waals surface area contributed by atoms with Crippen LogP contribution in [0, 0.1) is 5.92 Å². The van der Waals surface area contributed by atoms with Crippen LogP contribution < -0.4 is 27.2 Å². The number of nitrogens with one attached hydrogen (secondary N) is 4. The third-order valence-corrected chi connectivity index (χ3v) is 5.50. The molecule has 12 nitrogen and oxygen atoms in total. The highest BCUT2D eigenvalue weighted by molar-refractivity contribution is 5.93. The molecule has 0 aliphatic heterocycles. The lowest BCUT2D eigenvalue weighted by atomic mass is 10.0. The Morgan fingerprint density at radius 3 is 2.00 bits per heavy atom. The summed E-state index contributed by atoms with van der Waals surface area (Å²) in [5.74, 6) is 3.20. The van der Waals surface area contributed by atoms with Crippen molar-refractivity contribution in [2.75, 3.05) is 6.61 Å². The number of phenols is 1. The number of hydrogen-bond donors (Lipinski definition) is 7. The maximum atomic E-state index is 13.1. The summed E-state index contributed by atoms with van der Waals surface area (Å²) in [6.45, 7) is 2.92. The fraction of sp³-hybridized carbons (Fsp3) is 0.385. The molecule has 8 N–H and O–H groups in total. The van der Waals surface area contributed by atoms with E-state index in [4.69, 9.17) is 10.6 Å². The van der Waals surface area contributed by atoms with Gasteiger partial charge in [0.05, 0.1) is 6.61 Å². The number of aliphatic hydroxyl groups is 1. The molecular weight excluding hydrogens is 494 g/mol. The van der Waals surface area contributed by atoms with Crippen molar-refractivity contribution in [2.45, 2.75) is 51.4 Å². The second kappa shape index (κ2) is 15.2. The molecule has 3 atom stereocenters. The molecule has 4 amide bonds. The van der Waals surface area contributed by atoms with Crippen LogP contribution in [-0.4, -0.2) is 58.8 Å². The lowest BCUT2D eigenvalue weighted by Crippen LogP contribution is -2.58. The fourth-order valence-electron chi connectivity index (χ4n) is 3.53. The summed E-state index contributed by atoms with van der Waals surface area (Å²) in [5.41, 5.74) is 3.40. The van der Waals surface area contributed by atoms with E-state index in [1.165, 1.54) is 12.1 Å². The number of ether oxygens (including phenoxy) is 1. The monoisotopic (exact) mass is 529 g/mol. The largest absolute Gasteiger partial charge is 0.508 e. The van der Waals surface area contributed by atoms with E-state index in [1.807, 2.05) is 25.3 Å². The maximum Gasteiger partial charge on any atom is 0.408 e. The summed E-state index contributed by atoms with van der Waals surface area (Å²) >= 11 is 0. The van der Waals surface area contributed by atoms with Crippen LogP contribution >= 0.6 is 0 Å². The van der Waals surface area contributed by atoms with Gasteiger partial charge in [0.2, 0.25) is 11.8 Å². The van der Waals surface area contributed by atoms with Crippen LogP contribution in [0.15, 0.2) is 54.6 Å². The Hall–Kier alpha value is -4.16. The number of benzene rings is 2. The Balaban J connectivity index is 2.04. The van der Waals surface area contributed by atoms with E-state index in [1.54, 1.807) is 36.4 Å². The molecule has 206 valence electrons. The van der Waals surface area contributed by atoms with Gasteiger partial charge in [0.15, 0.2) is 0 Å². The van der Waals surface area contributed by atoms with Crippen molar-refractivity contribution in [2.24, 2.45) is 11.8 Å². The Morgan fingerprint density at radius 2 is 1.42 bits per heavy atom. The quantitative estimate of drug-likeness (QED) is 0.109. The molecule has 2 aromatic carbocycles. The van der Waals surface area contributed by atoms with E-state index in [0.29, 0.717) is 5.56 Å². The molecule has 0 aliphatic carbocycles. The number of hydrazine groups is 1. The maximum absolute atomic E-state index is 13.1. The van der Waals surface area contributed by atoms with Crippen molar-refractivity contribution < 1.29 is 34.1 Å². The first-order valence-corrected chi connectivity index (χ1v) is 12.1. The number of carbonyl (C=O) groups is 4. The molecule has 0 aromatic heterocycles. The van der Waals surface area contributed by atoms with Gasteiger partial charge in [-0.3, -0.25) is 19.8 Å². The first-order chi connectivity index (χ1) is 18.1. The topological polar surface area (TPSA) is 192 Å². The molecular formula is C26H35N5O7. The minimum absolute atomic E-state index is 0.0266. The predicted octanol–water partition coefficient (Wildman–Crippen LogP) is 0.228. The molecule has 0 saturated carbocycles. The minimum atomic E-state index is -1.37. The summed E-state index contributed by atoms with van der Waals surface area (Å²) in [7, 11) is 0. The number of phenolic OH excluding ortho intramolecular Hbond substituents is 1. The zero-order valence-corrected chi connectivity index (χ0v) is 21.3. The molecule has 2 rings (SSSR count). The summed E-state index contributed by atoms with van der Waals surface area (Å²) in [5, 5.41) is 26.6. The van der Waals surface area contributed by atoms with Gasteiger partial charge < -0.3 is 30.9 Å². The number of amides is 4. The molecule has 0 aliphatic rings. The van der Waals surface area contributed by atoms with Gasteiger partial charge in [-0.2, -0.15) is 0 Å². The van der Waals surface area contributed by atoms with E-state index in [9.17, 15) is 29.4 Å². The highest BCUT2D eigenvalue weighted by Crippen LogP contribution is 2.12. The minimum Gasteiger partial charge on any atom is -0.508 e. The Morgan fingerprint density at radius 1 is 0.816 bits per heavy atom. The first-order valence-electron chi connectivity index (χ1n) is 12.1. The number of nitrogens with two attached hydrogens (primary N) is 1. The van der Waals surface area contributed by atoms with Crippen molar-refractivity contribution in [3.8, 4) is 5.75 Å². The molecule has 0 heterocycles. The van der Waals surface area contributed by atoms with Crippen LogP contribution in [-0.2, 0) is 32.1 Å². The zero-order valence-electron chi connectivity index (χ0n) is 21.3. The SMILES string of the molecule is CC(C)C[C@@H](NC(=O)[C@@H](CO)NC(=O)OCc1ccccc1)C(=O)N[C@H](Cc1ccc(O)cc1)C(=O)NN. The zero-order chi connectivity index (χ0) is 28.1. The van der Waals surface area contributed by atoms with Gasteiger partial charge in [-0.15, -0.1) is 0 Å². The normalized spacial score (nSPS) is 13.1. The van der Waals surface area contributed by atoms with Crippen LogP contribution in [0.25, 0.3) is 0 Å². The van der Waals surface area contributed by atoms with Crippen LogP contribution in [0.1, 0.15) is 31.4 Å². The Labute approximate surface area is 220 Å². The summed E-state index contributed by atoms with van der Waals surface area (Å²) < 4.78 is 5.09. The fourth-order valence-corrected chi connectivity index (χ4v) is 3.53. The van der Waals surface area contributed by atoms with Crippen molar-refractivity contribution in [3.63, 3.8) is 0 Å². The Bertz CT molecular complexity index is 1060. The van der Waals surface area contributed by atoms with Gasteiger partial charge in [0, 0.05) is 6.42 Å². The van der Waals surface area contributed by atoms with Gasteiger partial charge >= 0.3 is 6.09 Å². The molecule has 2 aromatic rings. The smallest absolute Gasteiger partial charge is 0.408 e. The molecule has 0 unspecified atom stereocenters. The molecule has 12 heteroatoms. The van der Waals surface area contributed by atoms with Crippen LogP contribution in [0.5, 0.6) is 5.75 Å². The molecule has 0 saturated heterocycles. The molecule has 0 radical (unpaired) electrons. The number of carbonyl (C=O) groups excluding carboxylic acids is 4. The number of aromatic hydroxyl groups is 1. The van der Waals surface area contributed by atoms with Gasteiger partial charge in [-0.05, 0) is 35.6 Å². The lowest BCUT2D eigenvalue weighted by Gasteiger charge is -2.25. The van der Waals surface area contributed by atoms with Gasteiger partial charge in [-0.25, -0.2) is 10.6 Å². The Kier molecular flexibility index (Phi) is 12.0. The summed E-state index contributed by atoms with van der Waals surface area (Å²) in [4.78, 5) is 50.5. The first kappa shape index (κ1) is 30.1. The van der Waals surface area contributed by atoms with Gasteiger partial charge in [0.1, 0.15) is 30.5 Å². The number of alkyl carbamates (subject to hydrolysis) is 1. The van der Waals surface area contributed by atoms with E-state index >= 15 is 0 Å². The van der Waals surface area contributed by atoms with Crippen molar-refractivity contribution in [1.29, 1.82) is 0 Å². The van der Waals surface area contributed by atoms with Gasteiger partial charge in [-0.1, -0.05) is 56.3 Å². The third kappa shape index (κ3) is 10.1. The molecule has 0 bridgehead atoms. The van der Waals surface area contributed by atoms with Crippen molar-refractivity contribution in [3.05, 3.63) is 65.7 Å². The van der Waals surface area contributed by atoms with Crippen molar-refractivity contribution >= 4 is 23.8 Å². The average Bonchev–Trinajstić information content (AvgIpc) is 2.90. The second-order valence-electron chi connectivity index (χ2n) is 9.07. The highest BCUT2D eigenvalue weighted by atomic mass is 16.5. The standard InChI is InChI=1S/C26H35N5O7/c1-16(2)12-20(23(34)29-21(25(36)31-27)13-17-8-10-19(33)11-9-17)28-24(35)22(14-32)30-26(37)38-15-18-6-4-3-5-7-18/h3-11,16,20-22,32-33H,12-15,27H2,1-2H3,(H,28,35)(H,29,34)(H,30,37)(H,31,36)/t20-,21-,22-/m1/s1. The van der Waals surface area contributed by atoms with E-state index in [2.05, 4.69) is 16.0 Å². The van der Waals surface area contributed by atoms with Crippen molar-refractivity contribution in [1.82, 2.24) is 21.4 Å². The molecule has 38 heavy (non-hydrogen) atoms. The van der Waals surface area contributed by atoms with Crippen LogP contribution in [0.2, 0.25) is 0 Å². The third-order valence-electron chi connectivity index (χ3n) is 5.50. The van der Waals surface area contributed by atoms with E-state index in [-0.39, 0.29) is 31.1 Å². The number of hydrogen-bond acceptors (Lipinski definition) is 8. The van der Waals surface area contributed by atoms with E-state index < -0.39 is 48.5 Å². The summed E-state index contributed by atoms with van der Waals surface area (Å²) in [6.07, 6.45) is -0.628. The average molecular weight is 530 g/mol. The summed E-state index contributed by atoms with van der Waals surface area (Å²) in [6, 6.07) is 11.5. The predicted molar refractivity (Wildman–Crippen MR) is 138 cm³/mol. The molecule has 0 spiro atoms. The second-order valence-corrected chi connectivity index (χ2v) is 9.07. The number of aliphatic hydroxyl groups excluding tert-OH is 1. The van der Waals surface area contributed by atoms with Crippen LogP contribution in [0.3, 0.4) is 0 Å². The van der Waals surface area contributed by atoms with Gasteiger partial charge in [0.25, 0.3) is 5.91 Å². The lowest BCUT2D eigenvalue weighted by molar-refractivity contribution is -0.133.